The van der Waals surface area contributed by atoms with Gasteiger partial charge in [-0.3, -0.25) is 0 Å². The Kier molecular flexibility index (Phi) is 7.06. The number of allylic oxidation sites excluding steroid dienone is 3. The topological polar surface area (TPSA) is 43.7 Å². The molecule has 7 atom stereocenters. The molecule has 0 bridgehead atoms. The molecular formula is C26H42FNO2. The van der Waals surface area contributed by atoms with Crippen molar-refractivity contribution in [2.24, 2.45) is 23.2 Å². The number of aliphatic hydroxyl groups is 2. The molecule has 0 aromatic heterocycles. The van der Waals surface area contributed by atoms with Gasteiger partial charge in [-0.05, 0) is 93.9 Å². The molecule has 4 heteroatoms. The van der Waals surface area contributed by atoms with E-state index in [4.69, 9.17) is 0 Å². The maximum absolute atomic E-state index is 13.5. The van der Waals surface area contributed by atoms with E-state index in [1.807, 2.05) is 0 Å². The van der Waals surface area contributed by atoms with Crippen LogP contribution in [0, 0.1) is 23.2 Å². The standard InChI is InChI=1S/C26H42FNO2/c1-18(9-12-28-13-10-21(27)17-28)24-7-8-25-20(4-3-11-26(24,25)2)6-5-19-14-22(29)16-23(30)15-19/h5-6,18,21-25,29-30H,3-4,7-17H2,1-2H3/b20-6+/t18-,21+,22-,23-,24-,25+,26-/m1/s1. The van der Waals surface area contributed by atoms with E-state index in [0.717, 1.165) is 25.4 Å². The minimum absolute atomic E-state index is 0.390. The number of likely N-dealkylation sites (tertiary alicyclic amines) is 1. The molecule has 0 aromatic rings. The van der Waals surface area contributed by atoms with Gasteiger partial charge in [0, 0.05) is 13.1 Å². The number of nitrogens with zero attached hydrogens (tertiary/aromatic N) is 1. The number of fused-ring (bicyclic) bond motifs is 1. The predicted octanol–water partition coefficient (Wildman–Crippen LogP) is 5.03. The molecule has 3 saturated carbocycles. The highest BCUT2D eigenvalue weighted by Gasteiger charge is 2.50. The van der Waals surface area contributed by atoms with E-state index in [2.05, 4.69) is 30.9 Å². The fraction of sp³-hybridized carbons (Fsp3) is 0.846. The van der Waals surface area contributed by atoms with Crippen LogP contribution in [0.5, 0.6) is 0 Å². The summed E-state index contributed by atoms with van der Waals surface area (Å²) in [6.07, 6.45) is 13.4. The Bertz CT molecular complexity index is 649. The predicted molar refractivity (Wildman–Crippen MR) is 120 cm³/mol. The van der Waals surface area contributed by atoms with Gasteiger partial charge in [0.15, 0.2) is 0 Å². The van der Waals surface area contributed by atoms with Gasteiger partial charge in [0.25, 0.3) is 0 Å². The highest BCUT2D eigenvalue weighted by Crippen LogP contribution is 2.59. The lowest BCUT2D eigenvalue weighted by Gasteiger charge is -2.44. The molecule has 4 fully saturated rings. The maximum Gasteiger partial charge on any atom is 0.114 e. The Morgan fingerprint density at radius 1 is 1.17 bits per heavy atom. The van der Waals surface area contributed by atoms with E-state index in [1.165, 1.54) is 44.1 Å². The zero-order valence-corrected chi connectivity index (χ0v) is 19.0. The molecule has 1 saturated heterocycles. The highest BCUT2D eigenvalue weighted by atomic mass is 19.1. The van der Waals surface area contributed by atoms with Crippen LogP contribution in [0.2, 0.25) is 0 Å². The number of alkyl halides is 1. The summed E-state index contributed by atoms with van der Waals surface area (Å²) in [7, 11) is 0. The third kappa shape index (κ3) is 4.86. The van der Waals surface area contributed by atoms with Crippen LogP contribution in [-0.4, -0.2) is 53.1 Å². The van der Waals surface area contributed by atoms with E-state index in [1.54, 1.807) is 5.57 Å². The first-order valence-corrected chi connectivity index (χ1v) is 12.5. The number of halogens is 1. The second-order valence-electron chi connectivity index (χ2n) is 11.1. The zero-order valence-electron chi connectivity index (χ0n) is 19.0. The molecule has 1 aliphatic heterocycles. The summed E-state index contributed by atoms with van der Waals surface area (Å²) in [5.74, 6) is 2.14. The maximum atomic E-state index is 13.5. The average Bonchev–Trinajstić information content (AvgIpc) is 3.26. The van der Waals surface area contributed by atoms with Crippen molar-refractivity contribution < 1.29 is 14.6 Å². The first-order valence-electron chi connectivity index (χ1n) is 12.5. The molecule has 0 amide bonds. The van der Waals surface area contributed by atoms with E-state index in [9.17, 15) is 14.6 Å². The molecule has 3 nitrogen and oxygen atoms in total. The van der Waals surface area contributed by atoms with E-state index in [0.29, 0.717) is 43.1 Å². The normalized spacial score (nSPS) is 42.5. The molecule has 170 valence electrons. The van der Waals surface area contributed by atoms with Gasteiger partial charge in [0.1, 0.15) is 6.17 Å². The summed E-state index contributed by atoms with van der Waals surface area (Å²) in [5.41, 5.74) is 3.18. The van der Waals surface area contributed by atoms with Gasteiger partial charge in [-0.15, -0.1) is 0 Å². The number of aliphatic hydroxyl groups excluding tert-OH is 2. The molecule has 4 aliphatic rings. The van der Waals surface area contributed by atoms with Gasteiger partial charge in [0.05, 0.1) is 12.2 Å². The minimum Gasteiger partial charge on any atom is -0.393 e. The van der Waals surface area contributed by atoms with Gasteiger partial charge in [-0.2, -0.15) is 0 Å². The lowest BCUT2D eigenvalue weighted by Crippen LogP contribution is -2.37. The largest absolute Gasteiger partial charge is 0.393 e. The second kappa shape index (κ2) is 9.42. The molecule has 3 aliphatic carbocycles. The third-order valence-corrected chi connectivity index (χ3v) is 8.91. The van der Waals surface area contributed by atoms with Crippen LogP contribution < -0.4 is 0 Å². The zero-order chi connectivity index (χ0) is 21.3. The van der Waals surface area contributed by atoms with Gasteiger partial charge < -0.3 is 15.1 Å². The van der Waals surface area contributed by atoms with Crippen LogP contribution in [0.3, 0.4) is 0 Å². The molecule has 0 aromatic carbocycles. The van der Waals surface area contributed by atoms with Gasteiger partial charge >= 0.3 is 0 Å². The third-order valence-electron chi connectivity index (χ3n) is 8.91. The van der Waals surface area contributed by atoms with Crippen molar-refractivity contribution in [2.45, 2.75) is 96.4 Å². The molecule has 1 heterocycles. The SMILES string of the molecule is C[C@H](CCN1CC[C@H](F)C1)[C@H]1CC[C@H]2/C(=C/C=C3C[C@@H](O)C[C@H](O)C3)CCC[C@]12C. The quantitative estimate of drug-likeness (QED) is 0.657. The Morgan fingerprint density at radius 2 is 1.93 bits per heavy atom. The highest BCUT2D eigenvalue weighted by molar-refractivity contribution is 5.26. The molecule has 0 radical (unpaired) electrons. The van der Waals surface area contributed by atoms with Gasteiger partial charge in [0.2, 0.25) is 0 Å². The first kappa shape index (κ1) is 22.5. The molecule has 0 spiro atoms. The van der Waals surface area contributed by atoms with Crippen LogP contribution in [0.15, 0.2) is 23.3 Å². The Labute approximate surface area is 182 Å². The number of hydrogen-bond acceptors (Lipinski definition) is 3. The smallest absolute Gasteiger partial charge is 0.114 e. The van der Waals surface area contributed by atoms with Crippen molar-refractivity contribution in [1.29, 1.82) is 0 Å². The van der Waals surface area contributed by atoms with Crippen LogP contribution in [0.4, 0.5) is 4.39 Å². The Balaban J connectivity index is 1.40. The Hall–Kier alpha value is -0.710. The molecule has 4 rings (SSSR count). The average molecular weight is 420 g/mol. The fourth-order valence-corrected chi connectivity index (χ4v) is 7.32. The fourth-order valence-electron chi connectivity index (χ4n) is 7.32. The molecule has 0 unspecified atom stereocenters. The number of hydrogen-bond donors (Lipinski definition) is 2. The van der Waals surface area contributed by atoms with Crippen LogP contribution in [-0.2, 0) is 0 Å². The van der Waals surface area contributed by atoms with Crippen LogP contribution >= 0.6 is 0 Å². The monoisotopic (exact) mass is 419 g/mol. The van der Waals surface area contributed by atoms with E-state index >= 15 is 0 Å². The first-order chi connectivity index (χ1) is 14.3. The summed E-state index contributed by atoms with van der Waals surface area (Å²) in [4.78, 5) is 2.32. The Morgan fingerprint density at radius 3 is 2.63 bits per heavy atom. The van der Waals surface area contributed by atoms with Crippen molar-refractivity contribution in [2.75, 3.05) is 19.6 Å². The minimum atomic E-state index is -0.611. The summed E-state index contributed by atoms with van der Waals surface area (Å²) in [6.45, 7) is 7.60. The van der Waals surface area contributed by atoms with Gasteiger partial charge in [-0.25, -0.2) is 4.39 Å². The van der Waals surface area contributed by atoms with Crippen molar-refractivity contribution >= 4 is 0 Å². The number of rotatable bonds is 5. The summed E-state index contributed by atoms with van der Waals surface area (Å²) in [6, 6.07) is 0. The summed E-state index contributed by atoms with van der Waals surface area (Å²) in [5, 5.41) is 19.9. The summed E-state index contributed by atoms with van der Waals surface area (Å²) < 4.78 is 13.5. The lowest BCUT2D eigenvalue weighted by molar-refractivity contribution is 0.0609. The van der Waals surface area contributed by atoms with Crippen molar-refractivity contribution in [1.82, 2.24) is 4.90 Å². The van der Waals surface area contributed by atoms with Crippen molar-refractivity contribution in [3.05, 3.63) is 23.3 Å². The molecule has 30 heavy (non-hydrogen) atoms. The van der Waals surface area contributed by atoms with E-state index in [-0.39, 0.29) is 0 Å². The molecular weight excluding hydrogens is 377 g/mol. The van der Waals surface area contributed by atoms with Crippen molar-refractivity contribution in [3.63, 3.8) is 0 Å². The summed E-state index contributed by atoms with van der Waals surface area (Å²) >= 11 is 0. The van der Waals surface area contributed by atoms with Crippen LogP contribution in [0.1, 0.15) is 78.1 Å². The van der Waals surface area contributed by atoms with Gasteiger partial charge in [-0.1, -0.05) is 37.1 Å². The van der Waals surface area contributed by atoms with E-state index < -0.39 is 18.4 Å². The van der Waals surface area contributed by atoms with Crippen LogP contribution in [0.25, 0.3) is 0 Å². The second-order valence-corrected chi connectivity index (χ2v) is 11.1. The lowest BCUT2D eigenvalue weighted by atomic mass is 9.61. The van der Waals surface area contributed by atoms with Crippen molar-refractivity contribution in [3.8, 4) is 0 Å². The molecule has 2 N–H and O–H groups in total.